The van der Waals surface area contributed by atoms with Crippen LogP contribution in [0.4, 0.5) is 0 Å². The predicted molar refractivity (Wildman–Crippen MR) is 143 cm³/mol. The number of aromatic nitrogens is 1. The van der Waals surface area contributed by atoms with Crippen LogP contribution in [0, 0.1) is 0 Å². The van der Waals surface area contributed by atoms with Crippen molar-refractivity contribution in [2.24, 2.45) is 0 Å². The lowest BCUT2D eigenvalue weighted by Gasteiger charge is -2.34. The highest BCUT2D eigenvalue weighted by Gasteiger charge is 2.23. The normalized spacial score (nSPS) is 14.2. The molecule has 0 saturated carbocycles. The summed E-state index contributed by atoms with van der Waals surface area (Å²) in [6.07, 6.45) is 0. The highest BCUT2D eigenvalue weighted by Crippen LogP contribution is 2.29. The third-order valence-corrected chi connectivity index (χ3v) is 6.77. The van der Waals surface area contributed by atoms with Gasteiger partial charge in [0, 0.05) is 37.8 Å². The summed E-state index contributed by atoms with van der Waals surface area (Å²) in [6.45, 7) is 3.91. The van der Waals surface area contributed by atoms with Gasteiger partial charge in [-0.25, -0.2) is 0 Å². The van der Waals surface area contributed by atoms with Gasteiger partial charge in [-0.3, -0.25) is 15.0 Å². The number of para-hydroxylation sites is 1. The number of nitrogens with one attached hydrogen (secondary N) is 1. The van der Waals surface area contributed by atoms with Crippen molar-refractivity contribution in [1.29, 1.82) is 0 Å². The van der Waals surface area contributed by atoms with E-state index in [-0.39, 0.29) is 11.9 Å². The lowest BCUT2D eigenvalue weighted by atomic mass is 9.99. The molecule has 0 aliphatic carbocycles. The van der Waals surface area contributed by atoms with E-state index < -0.39 is 0 Å². The van der Waals surface area contributed by atoms with E-state index in [1.165, 1.54) is 0 Å². The molecule has 1 fully saturated rings. The van der Waals surface area contributed by atoms with E-state index >= 15 is 0 Å². The molecule has 0 unspecified atom stereocenters. The number of nitrogens with zero attached hydrogens (tertiary/aromatic N) is 3. The van der Waals surface area contributed by atoms with Gasteiger partial charge in [0.15, 0.2) is 5.76 Å². The average molecular weight is 497 g/mol. The molecule has 1 saturated heterocycles. The van der Waals surface area contributed by atoms with Crippen molar-refractivity contribution in [1.82, 2.24) is 20.3 Å². The molecule has 0 radical (unpaired) electrons. The lowest BCUT2D eigenvalue weighted by Crippen LogP contribution is -2.50. The molecule has 7 heteroatoms. The number of carbonyl (C=O) groups is 1. The minimum Gasteiger partial charge on any atom is -0.496 e. The van der Waals surface area contributed by atoms with Gasteiger partial charge >= 0.3 is 0 Å². The second-order valence-corrected chi connectivity index (χ2v) is 9.17. The summed E-state index contributed by atoms with van der Waals surface area (Å²) < 4.78 is 11.1. The Balaban J connectivity index is 1.14. The van der Waals surface area contributed by atoms with Crippen molar-refractivity contribution in [3.63, 3.8) is 0 Å². The quantitative estimate of drug-likeness (QED) is 0.371. The Bertz CT molecular complexity index is 1240. The summed E-state index contributed by atoms with van der Waals surface area (Å²) in [4.78, 5) is 17.3. The van der Waals surface area contributed by atoms with E-state index in [9.17, 15) is 4.79 Å². The first kappa shape index (κ1) is 24.7. The monoisotopic (exact) mass is 496 g/mol. The maximum atomic E-state index is 13.1. The van der Waals surface area contributed by atoms with Crippen LogP contribution in [-0.2, 0) is 11.3 Å². The number of carbonyl (C=O) groups excluding carboxylic acids is 1. The molecule has 0 atom stereocenters. The molecule has 0 bridgehead atoms. The van der Waals surface area contributed by atoms with Gasteiger partial charge in [-0.05, 0) is 23.3 Å². The fourth-order valence-electron chi connectivity index (χ4n) is 4.77. The molecule has 1 amide bonds. The summed E-state index contributed by atoms with van der Waals surface area (Å²) in [5.74, 6) is 1.69. The van der Waals surface area contributed by atoms with Crippen LogP contribution in [0.1, 0.15) is 22.9 Å². The van der Waals surface area contributed by atoms with Gasteiger partial charge in [-0.1, -0.05) is 78.0 Å². The van der Waals surface area contributed by atoms with Crippen molar-refractivity contribution >= 4 is 5.91 Å². The fraction of sp³-hybridized carbons (Fsp3) is 0.267. The first-order valence-electron chi connectivity index (χ1n) is 12.6. The molecule has 190 valence electrons. The van der Waals surface area contributed by atoms with E-state index in [1.807, 2.05) is 71.6 Å². The third-order valence-electron chi connectivity index (χ3n) is 6.77. The van der Waals surface area contributed by atoms with E-state index in [1.54, 1.807) is 7.11 Å². The standard InChI is InChI=1S/C30H32N4O3/c1-36-28-15-9-8-14-26(28)27-20-25(37-32-27)22-33-16-18-34(19-17-33)29(35)21-31-30(23-10-4-2-5-11-23)24-12-6-3-7-13-24/h2-15,20,30-31H,16-19,21-22H2,1H3. The van der Waals surface area contributed by atoms with Crippen LogP contribution in [0.3, 0.4) is 0 Å². The molecule has 0 spiro atoms. The molecular weight excluding hydrogens is 464 g/mol. The van der Waals surface area contributed by atoms with Crippen molar-refractivity contribution in [2.45, 2.75) is 12.6 Å². The summed E-state index contributed by atoms with van der Waals surface area (Å²) in [5.41, 5.74) is 3.96. The van der Waals surface area contributed by atoms with Crippen LogP contribution in [0.25, 0.3) is 11.3 Å². The van der Waals surface area contributed by atoms with E-state index in [2.05, 4.69) is 39.6 Å². The summed E-state index contributed by atoms with van der Waals surface area (Å²) in [7, 11) is 1.65. The van der Waals surface area contributed by atoms with Gasteiger partial charge in [-0.15, -0.1) is 0 Å². The predicted octanol–water partition coefficient (Wildman–Crippen LogP) is 4.37. The Labute approximate surface area is 217 Å². The number of hydrogen-bond donors (Lipinski definition) is 1. The van der Waals surface area contributed by atoms with Gasteiger partial charge in [0.05, 0.1) is 26.2 Å². The first-order valence-corrected chi connectivity index (χ1v) is 12.6. The van der Waals surface area contributed by atoms with Crippen LogP contribution < -0.4 is 10.1 Å². The Morgan fingerprint density at radius 1 is 0.919 bits per heavy atom. The van der Waals surface area contributed by atoms with Gasteiger partial charge in [0.25, 0.3) is 0 Å². The summed E-state index contributed by atoms with van der Waals surface area (Å²) in [5, 5.41) is 7.73. The number of ether oxygens (including phenoxy) is 1. The van der Waals surface area contributed by atoms with Crippen molar-refractivity contribution in [3.05, 3.63) is 108 Å². The Morgan fingerprint density at radius 2 is 1.54 bits per heavy atom. The van der Waals surface area contributed by atoms with Gasteiger partial charge in [-0.2, -0.15) is 0 Å². The summed E-state index contributed by atoms with van der Waals surface area (Å²) >= 11 is 0. The van der Waals surface area contributed by atoms with Crippen LogP contribution in [0.2, 0.25) is 0 Å². The molecule has 2 heterocycles. The lowest BCUT2D eigenvalue weighted by molar-refractivity contribution is -0.132. The molecule has 4 aromatic rings. The second kappa shape index (κ2) is 11.9. The van der Waals surface area contributed by atoms with Gasteiger partial charge in [0.1, 0.15) is 11.4 Å². The highest BCUT2D eigenvalue weighted by molar-refractivity contribution is 5.78. The Kier molecular flexibility index (Phi) is 7.93. The van der Waals surface area contributed by atoms with Gasteiger partial charge < -0.3 is 14.2 Å². The first-order chi connectivity index (χ1) is 18.2. The number of hydrogen-bond acceptors (Lipinski definition) is 6. The van der Waals surface area contributed by atoms with Crippen molar-refractivity contribution < 1.29 is 14.1 Å². The Morgan fingerprint density at radius 3 is 2.19 bits per heavy atom. The molecule has 3 aromatic carbocycles. The molecule has 37 heavy (non-hydrogen) atoms. The van der Waals surface area contributed by atoms with Crippen LogP contribution in [0.15, 0.2) is 95.5 Å². The molecule has 5 rings (SSSR count). The SMILES string of the molecule is COc1ccccc1-c1cc(CN2CCN(C(=O)CNC(c3ccccc3)c3ccccc3)CC2)on1. The smallest absolute Gasteiger partial charge is 0.236 e. The van der Waals surface area contributed by atoms with Crippen LogP contribution in [-0.4, -0.2) is 60.7 Å². The van der Waals surface area contributed by atoms with E-state index in [0.29, 0.717) is 26.2 Å². The van der Waals surface area contributed by atoms with Crippen molar-refractivity contribution in [2.75, 3.05) is 39.8 Å². The number of benzene rings is 3. The molecule has 1 aliphatic heterocycles. The molecule has 7 nitrogen and oxygen atoms in total. The number of methoxy groups -OCH3 is 1. The maximum absolute atomic E-state index is 13.1. The van der Waals surface area contributed by atoms with Crippen LogP contribution in [0.5, 0.6) is 5.75 Å². The number of piperazine rings is 1. The Hall–Kier alpha value is -3.94. The molecule has 1 aromatic heterocycles. The minimum absolute atomic E-state index is 0.0310. The van der Waals surface area contributed by atoms with Crippen LogP contribution >= 0.6 is 0 Å². The maximum Gasteiger partial charge on any atom is 0.236 e. The second-order valence-electron chi connectivity index (χ2n) is 9.17. The van der Waals surface area contributed by atoms with Gasteiger partial charge in [0.2, 0.25) is 5.91 Å². The van der Waals surface area contributed by atoms with Crippen molar-refractivity contribution in [3.8, 4) is 17.0 Å². The zero-order valence-electron chi connectivity index (χ0n) is 21.0. The molecular formula is C30H32N4O3. The molecule has 1 N–H and O–H groups in total. The van der Waals surface area contributed by atoms with E-state index in [0.717, 1.165) is 47.0 Å². The number of amides is 1. The highest BCUT2D eigenvalue weighted by atomic mass is 16.5. The molecule has 1 aliphatic rings. The van der Waals surface area contributed by atoms with E-state index in [4.69, 9.17) is 9.26 Å². The summed E-state index contributed by atoms with van der Waals surface area (Å²) in [6, 6.07) is 30.2. The third kappa shape index (κ3) is 6.07. The zero-order valence-corrected chi connectivity index (χ0v) is 21.0. The minimum atomic E-state index is -0.0310. The number of rotatable bonds is 9. The largest absolute Gasteiger partial charge is 0.496 e. The fourth-order valence-corrected chi connectivity index (χ4v) is 4.77. The zero-order chi connectivity index (χ0) is 25.5. The topological polar surface area (TPSA) is 70.8 Å². The average Bonchev–Trinajstić information content (AvgIpc) is 3.43.